The van der Waals surface area contributed by atoms with Crippen LogP contribution in [0.5, 0.6) is 0 Å². The number of hydrogen-bond acceptors (Lipinski definition) is 3. The summed E-state index contributed by atoms with van der Waals surface area (Å²) in [5.74, 6) is -0.630. The van der Waals surface area contributed by atoms with Crippen LogP contribution < -0.4 is 4.72 Å². The van der Waals surface area contributed by atoms with E-state index < -0.39 is 15.9 Å². The second-order valence-electron chi connectivity index (χ2n) is 5.03. The van der Waals surface area contributed by atoms with Gasteiger partial charge in [0.25, 0.3) is 15.9 Å². The average molecular weight is 303 g/mol. The molecule has 1 N–H and O–H groups in total. The first-order valence-corrected chi connectivity index (χ1v) is 7.99. The molecule has 0 unspecified atom stereocenters. The number of benzene rings is 2. The SMILES string of the molecule is Cc1cc(C)c(S(=O)(=O)NC(=O)c2ccccc2)c(C)c1. The smallest absolute Gasteiger partial charge is 0.264 e. The maximum Gasteiger partial charge on any atom is 0.264 e. The van der Waals surface area contributed by atoms with Crippen LogP contribution >= 0.6 is 0 Å². The molecule has 0 fully saturated rings. The Balaban J connectivity index is 2.38. The first-order valence-electron chi connectivity index (χ1n) is 6.51. The van der Waals surface area contributed by atoms with Gasteiger partial charge in [0.2, 0.25) is 0 Å². The van der Waals surface area contributed by atoms with Gasteiger partial charge >= 0.3 is 0 Å². The molecule has 0 aromatic heterocycles. The third-order valence-corrected chi connectivity index (χ3v) is 4.77. The van der Waals surface area contributed by atoms with E-state index in [1.807, 2.05) is 6.92 Å². The number of sulfonamides is 1. The Hall–Kier alpha value is -2.14. The molecule has 2 rings (SSSR count). The Labute approximate surface area is 124 Å². The van der Waals surface area contributed by atoms with Crippen LogP contribution in [0.2, 0.25) is 0 Å². The summed E-state index contributed by atoms with van der Waals surface area (Å²) in [7, 11) is -3.89. The first kappa shape index (κ1) is 15.3. The van der Waals surface area contributed by atoms with Crippen molar-refractivity contribution >= 4 is 15.9 Å². The monoisotopic (exact) mass is 303 g/mol. The molecule has 0 aliphatic heterocycles. The van der Waals surface area contributed by atoms with E-state index in [0.29, 0.717) is 16.7 Å². The van der Waals surface area contributed by atoms with Crippen LogP contribution in [0.4, 0.5) is 0 Å². The van der Waals surface area contributed by atoms with E-state index in [-0.39, 0.29) is 4.90 Å². The summed E-state index contributed by atoms with van der Waals surface area (Å²) in [5, 5.41) is 0. The van der Waals surface area contributed by atoms with Gasteiger partial charge in [-0.15, -0.1) is 0 Å². The van der Waals surface area contributed by atoms with Gasteiger partial charge < -0.3 is 0 Å². The molecular weight excluding hydrogens is 286 g/mol. The molecule has 1 amide bonds. The predicted octanol–water partition coefficient (Wildman–Crippen LogP) is 2.73. The third kappa shape index (κ3) is 3.31. The highest BCUT2D eigenvalue weighted by Crippen LogP contribution is 2.21. The molecule has 0 saturated carbocycles. The third-order valence-electron chi connectivity index (χ3n) is 3.14. The molecule has 2 aromatic rings. The van der Waals surface area contributed by atoms with Gasteiger partial charge in [0.1, 0.15) is 0 Å². The van der Waals surface area contributed by atoms with Crippen molar-refractivity contribution in [2.24, 2.45) is 0 Å². The quantitative estimate of drug-likeness (QED) is 0.948. The van der Waals surface area contributed by atoms with E-state index in [1.165, 1.54) is 0 Å². The minimum absolute atomic E-state index is 0.164. The summed E-state index contributed by atoms with van der Waals surface area (Å²) in [6, 6.07) is 11.8. The summed E-state index contributed by atoms with van der Waals surface area (Å²) in [6.07, 6.45) is 0. The van der Waals surface area contributed by atoms with Crippen LogP contribution in [0.3, 0.4) is 0 Å². The molecule has 0 saturated heterocycles. The first-order chi connectivity index (χ1) is 9.81. The second kappa shape index (κ2) is 5.69. The molecular formula is C16H17NO3S. The number of carbonyl (C=O) groups excluding carboxylic acids is 1. The van der Waals surface area contributed by atoms with Gasteiger partial charge in [0.15, 0.2) is 0 Å². The van der Waals surface area contributed by atoms with E-state index in [0.717, 1.165) is 5.56 Å². The molecule has 2 aromatic carbocycles. The Bertz CT molecular complexity index is 757. The van der Waals surface area contributed by atoms with Crippen molar-refractivity contribution in [2.45, 2.75) is 25.7 Å². The van der Waals surface area contributed by atoms with Crippen molar-refractivity contribution in [2.75, 3.05) is 0 Å². The van der Waals surface area contributed by atoms with Gasteiger partial charge in [-0.3, -0.25) is 4.79 Å². The molecule has 110 valence electrons. The lowest BCUT2D eigenvalue weighted by atomic mass is 10.1. The van der Waals surface area contributed by atoms with Crippen molar-refractivity contribution in [3.8, 4) is 0 Å². The van der Waals surface area contributed by atoms with Crippen molar-refractivity contribution < 1.29 is 13.2 Å². The molecule has 0 heterocycles. The van der Waals surface area contributed by atoms with Gasteiger partial charge in [-0.2, -0.15) is 0 Å². The standard InChI is InChI=1S/C16H17NO3S/c1-11-9-12(2)15(13(3)10-11)21(19,20)17-16(18)14-7-5-4-6-8-14/h4-10H,1-3H3,(H,17,18). The van der Waals surface area contributed by atoms with Gasteiger partial charge in [-0.05, 0) is 44.0 Å². The van der Waals surface area contributed by atoms with Gasteiger partial charge in [-0.1, -0.05) is 35.9 Å². The Morgan fingerprint density at radius 3 is 2.00 bits per heavy atom. The number of rotatable bonds is 3. The van der Waals surface area contributed by atoms with E-state index in [1.54, 1.807) is 56.3 Å². The normalized spacial score (nSPS) is 11.2. The average Bonchev–Trinajstić information content (AvgIpc) is 2.37. The minimum atomic E-state index is -3.89. The molecule has 21 heavy (non-hydrogen) atoms. The van der Waals surface area contributed by atoms with E-state index in [2.05, 4.69) is 4.72 Å². The topological polar surface area (TPSA) is 63.2 Å². The van der Waals surface area contributed by atoms with Crippen molar-refractivity contribution in [3.05, 3.63) is 64.7 Å². The van der Waals surface area contributed by atoms with Crippen molar-refractivity contribution in [3.63, 3.8) is 0 Å². The van der Waals surface area contributed by atoms with Gasteiger partial charge in [0.05, 0.1) is 4.90 Å². The van der Waals surface area contributed by atoms with Crippen LogP contribution in [0, 0.1) is 20.8 Å². The zero-order valence-electron chi connectivity index (χ0n) is 12.2. The highest BCUT2D eigenvalue weighted by Gasteiger charge is 2.22. The maximum atomic E-state index is 12.4. The van der Waals surface area contributed by atoms with E-state index in [4.69, 9.17) is 0 Å². The maximum absolute atomic E-state index is 12.4. The summed E-state index contributed by atoms with van der Waals surface area (Å²) < 4.78 is 27.0. The van der Waals surface area contributed by atoms with Gasteiger partial charge in [0, 0.05) is 5.56 Å². The Kier molecular flexibility index (Phi) is 4.14. The molecule has 0 spiro atoms. The van der Waals surface area contributed by atoms with Crippen LogP contribution in [0.15, 0.2) is 47.4 Å². The summed E-state index contributed by atoms with van der Waals surface area (Å²) in [5.41, 5.74) is 2.54. The number of amides is 1. The van der Waals surface area contributed by atoms with Crippen molar-refractivity contribution in [1.29, 1.82) is 0 Å². The lowest BCUT2D eigenvalue weighted by Gasteiger charge is -2.13. The highest BCUT2D eigenvalue weighted by molar-refractivity contribution is 7.90. The Morgan fingerprint density at radius 1 is 0.952 bits per heavy atom. The second-order valence-corrected chi connectivity index (χ2v) is 6.65. The zero-order valence-corrected chi connectivity index (χ0v) is 13.0. The van der Waals surface area contributed by atoms with Crippen LogP contribution in [0.25, 0.3) is 0 Å². The Morgan fingerprint density at radius 2 is 1.48 bits per heavy atom. The molecule has 0 atom stereocenters. The number of hydrogen-bond donors (Lipinski definition) is 1. The zero-order chi connectivity index (χ0) is 15.6. The van der Waals surface area contributed by atoms with E-state index >= 15 is 0 Å². The number of nitrogens with one attached hydrogen (secondary N) is 1. The fourth-order valence-corrected chi connectivity index (χ4v) is 3.84. The number of carbonyl (C=O) groups is 1. The van der Waals surface area contributed by atoms with E-state index in [9.17, 15) is 13.2 Å². The molecule has 4 nitrogen and oxygen atoms in total. The molecule has 0 bridgehead atoms. The summed E-state index contributed by atoms with van der Waals surface area (Å²) in [4.78, 5) is 12.2. The predicted molar refractivity (Wildman–Crippen MR) is 81.7 cm³/mol. The number of aryl methyl sites for hydroxylation is 3. The van der Waals surface area contributed by atoms with Gasteiger partial charge in [-0.25, -0.2) is 13.1 Å². The fraction of sp³-hybridized carbons (Fsp3) is 0.188. The van der Waals surface area contributed by atoms with Crippen LogP contribution in [-0.2, 0) is 10.0 Å². The van der Waals surface area contributed by atoms with Crippen LogP contribution in [-0.4, -0.2) is 14.3 Å². The van der Waals surface area contributed by atoms with Crippen LogP contribution in [0.1, 0.15) is 27.0 Å². The molecule has 0 radical (unpaired) electrons. The molecule has 5 heteroatoms. The molecule has 0 aliphatic carbocycles. The fourth-order valence-electron chi connectivity index (χ4n) is 2.41. The largest absolute Gasteiger partial charge is 0.268 e. The lowest BCUT2D eigenvalue weighted by Crippen LogP contribution is -2.31. The summed E-state index contributed by atoms with van der Waals surface area (Å²) in [6.45, 7) is 5.35. The summed E-state index contributed by atoms with van der Waals surface area (Å²) >= 11 is 0. The highest BCUT2D eigenvalue weighted by atomic mass is 32.2. The lowest BCUT2D eigenvalue weighted by molar-refractivity contribution is 0.0981. The minimum Gasteiger partial charge on any atom is -0.268 e. The van der Waals surface area contributed by atoms with Crippen molar-refractivity contribution in [1.82, 2.24) is 4.72 Å². The molecule has 0 aliphatic rings.